The number of anilines is 1. The topological polar surface area (TPSA) is 85.4 Å². The van der Waals surface area contributed by atoms with Crippen molar-refractivity contribution < 1.29 is 24.2 Å². The van der Waals surface area contributed by atoms with E-state index in [1.807, 2.05) is 17.7 Å². The molecule has 4 aromatic rings. The van der Waals surface area contributed by atoms with Crippen molar-refractivity contribution in [3.8, 4) is 11.4 Å². The van der Waals surface area contributed by atoms with Crippen LogP contribution < -0.4 is 9.69 Å². The Balaban J connectivity index is 1.77. The van der Waals surface area contributed by atoms with E-state index in [-0.39, 0.29) is 11.9 Å². The third-order valence-corrected chi connectivity index (χ3v) is 5.31. The molecular formula is C17H14FN6W. The molecule has 0 saturated carbocycles. The number of nitrogen functional groups attached to an aromatic ring is 1. The number of aromatic nitrogens is 5. The summed E-state index contributed by atoms with van der Waals surface area (Å²) < 4.78 is 17.1. The Morgan fingerprint density at radius 3 is 2.84 bits per heavy atom. The molecule has 0 spiro atoms. The number of benzene rings is 1. The van der Waals surface area contributed by atoms with Crippen molar-refractivity contribution in [2.24, 2.45) is 0 Å². The van der Waals surface area contributed by atoms with Crippen LogP contribution in [-0.4, -0.2) is 24.5 Å². The first-order valence-corrected chi connectivity index (χ1v) is 9.10. The first-order chi connectivity index (χ1) is 12.1. The van der Waals surface area contributed by atoms with Gasteiger partial charge in [0.2, 0.25) is 0 Å². The molecule has 25 heavy (non-hydrogen) atoms. The monoisotopic (exact) mass is 505 g/mol. The van der Waals surface area contributed by atoms with Gasteiger partial charge in [-0.25, -0.2) is 0 Å². The van der Waals surface area contributed by atoms with E-state index in [2.05, 4.69) is 19.9 Å². The van der Waals surface area contributed by atoms with E-state index in [0.717, 1.165) is 20.7 Å². The van der Waals surface area contributed by atoms with Gasteiger partial charge in [0.05, 0.1) is 0 Å². The molecule has 8 heteroatoms. The Kier molecular flexibility index (Phi) is 3.88. The summed E-state index contributed by atoms with van der Waals surface area (Å²) in [5.74, 6) is 0.688. The predicted octanol–water partition coefficient (Wildman–Crippen LogP) is 2.32. The minimum absolute atomic E-state index is 0.0575. The van der Waals surface area contributed by atoms with Crippen LogP contribution in [0.4, 0.5) is 10.2 Å². The molecule has 6 nitrogen and oxygen atoms in total. The van der Waals surface area contributed by atoms with Crippen LogP contribution in [-0.2, 0) is 19.8 Å². The number of hydrogen-bond donors (Lipinski definition) is 2. The van der Waals surface area contributed by atoms with Crippen LogP contribution in [0.2, 0.25) is 0 Å². The summed E-state index contributed by atoms with van der Waals surface area (Å²) in [6.07, 6.45) is 5.22. The summed E-state index contributed by atoms with van der Waals surface area (Å²) in [4.78, 5) is 16.0. The van der Waals surface area contributed by atoms with E-state index in [1.165, 1.54) is 32.2 Å². The number of nitrogens with two attached hydrogens (primary N) is 1. The number of imidazole rings is 1. The van der Waals surface area contributed by atoms with E-state index in [4.69, 9.17) is 5.73 Å². The van der Waals surface area contributed by atoms with Gasteiger partial charge >= 0.3 is 154 Å². The zero-order chi connectivity index (χ0) is 17.6. The number of aromatic amines is 1. The van der Waals surface area contributed by atoms with Gasteiger partial charge in [-0.3, -0.25) is 0 Å². The van der Waals surface area contributed by atoms with Crippen LogP contribution >= 0.6 is 0 Å². The van der Waals surface area contributed by atoms with Gasteiger partial charge in [0.25, 0.3) is 0 Å². The normalized spacial score (nSPS) is 12.6. The average Bonchev–Trinajstić information content (AvgIpc) is 3.21. The molecule has 0 radical (unpaired) electrons. The van der Waals surface area contributed by atoms with E-state index >= 15 is 0 Å². The van der Waals surface area contributed by atoms with E-state index in [1.54, 1.807) is 24.4 Å². The zero-order valence-corrected chi connectivity index (χ0v) is 16.2. The summed E-state index contributed by atoms with van der Waals surface area (Å²) >= 11 is 1.30. The van der Waals surface area contributed by atoms with Crippen LogP contribution in [0.5, 0.6) is 0 Å². The number of nitrogens with zero attached hydrogens (tertiary/aromatic N) is 4. The average molecular weight is 505 g/mol. The third-order valence-electron chi connectivity index (χ3n) is 4.20. The molecule has 125 valence electrons. The van der Waals surface area contributed by atoms with Crippen LogP contribution in [0.1, 0.15) is 18.7 Å². The molecule has 0 aliphatic rings. The fourth-order valence-corrected chi connectivity index (χ4v) is 3.97. The molecular weight excluding hydrogens is 491 g/mol. The van der Waals surface area contributed by atoms with Gasteiger partial charge in [0.15, 0.2) is 0 Å². The standard InChI is InChI=1S/C17H14FN6.W/c1-10(24-7-6-12-15(19)21-9-22-17(12)24)14-8-20-16(23-14)11-4-2-3-5-13(11)18;/h2-5,7-10H,1H3,(H,20,23)(H2,19,21,22);. The summed E-state index contributed by atoms with van der Waals surface area (Å²) in [5.41, 5.74) is 8.09. The van der Waals surface area contributed by atoms with E-state index < -0.39 is 0 Å². The van der Waals surface area contributed by atoms with Crippen molar-refractivity contribution in [1.29, 1.82) is 0 Å². The van der Waals surface area contributed by atoms with Crippen LogP contribution in [0.3, 0.4) is 0 Å². The molecule has 4 rings (SSSR count). The number of hydrogen-bond acceptors (Lipinski definition) is 4. The molecule has 0 saturated heterocycles. The van der Waals surface area contributed by atoms with E-state index in [0.29, 0.717) is 17.2 Å². The molecule has 3 heterocycles. The van der Waals surface area contributed by atoms with Gasteiger partial charge in [-0.15, -0.1) is 0 Å². The second-order valence-electron chi connectivity index (χ2n) is 5.70. The van der Waals surface area contributed by atoms with Gasteiger partial charge in [0, 0.05) is 0 Å². The second-order valence-corrected chi connectivity index (χ2v) is 7.28. The zero-order valence-electron chi connectivity index (χ0n) is 13.3. The number of fused-ring (bicyclic) bond motifs is 1. The van der Waals surface area contributed by atoms with Gasteiger partial charge in [-0.05, 0) is 0 Å². The SMILES string of the molecule is CC(c1cnc(-c2ccccc2F)[nH]1)n1c[c]([W])c2c(N)ncnc21. The number of H-pyrrole nitrogens is 1. The van der Waals surface area contributed by atoms with Crippen LogP contribution in [0.25, 0.3) is 22.4 Å². The van der Waals surface area contributed by atoms with Crippen molar-refractivity contribution in [3.63, 3.8) is 0 Å². The van der Waals surface area contributed by atoms with Crippen LogP contribution in [0.15, 0.2) is 43.0 Å². The summed E-state index contributed by atoms with van der Waals surface area (Å²) in [5, 5.41) is 0.887. The molecule has 0 bridgehead atoms. The molecule has 1 atom stereocenters. The number of rotatable bonds is 3. The first-order valence-electron chi connectivity index (χ1n) is 7.64. The third kappa shape index (κ3) is 2.64. The number of halogens is 1. The molecule has 0 aliphatic heterocycles. The molecule has 3 N–H and O–H groups in total. The van der Waals surface area contributed by atoms with Crippen LogP contribution in [0, 0.1) is 5.82 Å². The molecule has 0 fully saturated rings. The Labute approximate surface area is 154 Å². The molecule has 1 aromatic carbocycles. The first kappa shape index (κ1) is 16.0. The van der Waals surface area contributed by atoms with Gasteiger partial charge in [0.1, 0.15) is 0 Å². The van der Waals surface area contributed by atoms with Crippen molar-refractivity contribution >= 4 is 20.8 Å². The molecule has 3 aromatic heterocycles. The maximum absolute atomic E-state index is 14.0. The molecule has 0 aliphatic carbocycles. The predicted molar refractivity (Wildman–Crippen MR) is 89.4 cm³/mol. The van der Waals surface area contributed by atoms with E-state index in [9.17, 15) is 4.39 Å². The fourth-order valence-electron chi connectivity index (χ4n) is 2.86. The fraction of sp³-hybridized carbons (Fsp3) is 0.118. The van der Waals surface area contributed by atoms with Crippen molar-refractivity contribution in [2.75, 3.05) is 5.73 Å². The van der Waals surface area contributed by atoms with Gasteiger partial charge < -0.3 is 0 Å². The summed E-state index contributed by atoms with van der Waals surface area (Å²) in [6, 6.07) is 6.52. The van der Waals surface area contributed by atoms with Crippen molar-refractivity contribution in [1.82, 2.24) is 24.5 Å². The maximum atomic E-state index is 14.0. The Morgan fingerprint density at radius 1 is 1.24 bits per heavy atom. The second kappa shape index (κ2) is 6.08. The summed E-state index contributed by atoms with van der Waals surface area (Å²) in [7, 11) is 0. The molecule has 0 amide bonds. The van der Waals surface area contributed by atoms with Gasteiger partial charge in [-0.1, -0.05) is 0 Å². The van der Waals surface area contributed by atoms with Crippen molar-refractivity contribution in [2.45, 2.75) is 13.0 Å². The minimum atomic E-state index is -0.303. The summed E-state index contributed by atoms with van der Waals surface area (Å²) in [6.45, 7) is 2.03. The Bertz CT molecular complexity index is 1070. The number of nitrogens with one attached hydrogen (secondary N) is 1. The quantitative estimate of drug-likeness (QED) is 0.448. The van der Waals surface area contributed by atoms with Crippen molar-refractivity contribution in [3.05, 3.63) is 54.5 Å². The Hall–Kier alpha value is -2.53. The van der Waals surface area contributed by atoms with Gasteiger partial charge in [-0.2, -0.15) is 0 Å². The molecule has 1 unspecified atom stereocenters. The Morgan fingerprint density at radius 2 is 2.04 bits per heavy atom.